The lowest BCUT2D eigenvalue weighted by Crippen LogP contribution is -2.49. The molecule has 0 aromatic rings. The molecule has 3 unspecified atom stereocenters. The van der Waals surface area contributed by atoms with Gasteiger partial charge in [0, 0.05) is 23.7 Å². The van der Waals surface area contributed by atoms with Crippen LogP contribution in [0.2, 0.25) is 0 Å². The van der Waals surface area contributed by atoms with Gasteiger partial charge in [0.05, 0.1) is 5.70 Å². The fourth-order valence-corrected chi connectivity index (χ4v) is 6.68. The summed E-state index contributed by atoms with van der Waals surface area (Å²) in [5.74, 6) is 1.57. The monoisotopic (exact) mass is 552 g/mol. The lowest BCUT2D eigenvalue weighted by atomic mass is 9.85. The first kappa shape index (κ1) is 31.2. The van der Waals surface area contributed by atoms with Crippen molar-refractivity contribution in [3.63, 3.8) is 0 Å². The third-order valence-electron chi connectivity index (χ3n) is 7.63. The Kier molecular flexibility index (Phi) is 11.5. The van der Waals surface area contributed by atoms with E-state index in [1.807, 2.05) is 12.2 Å². The number of allylic oxidation sites excluding steroid dienone is 6. The minimum Gasteiger partial charge on any atom is -0.588 e. The molecule has 1 fully saturated rings. The summed E-state index contributed by atoms with van der Waals surface area (Å²) in [6.45, 7) is 20.4. The van der Waals surface area contributed by atoms with E-state index in [1.54, 1.807) is 13.0 Å². The fourth-order valence-electron chi connectivity index (χ4n) is 6.03. The fraction of sp³-hybridized carbons (Fsp3) is 0.562. The maximum Gasteiger partial charge on any atom is 0.207 e. The van der Waals surface area contributed by atoms with Crippen LogP contribution in [0.3, 0.4) is 0 Å². The van der Waals surface area contributed by atoms with Crippen molar-refractivity contribution in [1.29, 1.82) is 5.41 Å². The molecule has 0 spiro atoms. The molecule has 0 bridgehead atoms. The van der Waals surface area contributed by atoms with E-state index in [2.05, 4.69) is 69.9 Å². The molecule has 2 aliphatic heterocycles. The summed E-state index contributed by atoms with van der Waals surface area (Å²) in [4.78, 5) is 7.88. The highest BCUT2D eigenvalue weighted by Gasteiger charge is 2.31. The number of fused-ring (bicyclic) bond motifs is 1. The second-order valence-electron chi connectivity index (χ2n) is 11.7. The van der Waals surface area contributed by atoms with Crippen molar-refractivity contribution in [2.24, 2.45) is 16.8 Å². The molecule has 7 heteroatoms. The van der Waals surface area contributed by atoms with E-state index in [4.69, 9.17) is 15.1 Å². The molecule has 6 nitrogen and oxygen atoms in total. The van der Waals surface area contributed by atoms with Gasteiger partial charge in [0.15, 0.2) is 4.91 Å². The van der Waals surface area contributed by atoms with Crippen molar-refractivity contribution >= 4 is 23.1 Å². The predicted octanol–water partition coefficient (Wildman–Crippen LogP) is 7.14. The summed E-state index contributed by atoms with van der Waals surface area (Å²) in [5.41, 5.74) is 5.32. The zero-order valence-electron chi connectivity index (χ0n) is 25.0. The highest BCUT2D eigenvalue weighted by atomic mass is 32.2. The molecule has 3 rings (SSSR count). The zero-order valence-corrected chi connectivity index (χ0v) is 25.8. The lowest BCUT2D eigenvalue weighted by Gasteiger charge is -2.42. The molecule has 0 aromatic carbocycles. The molecule has 1 aliphatic carbocycles. The minimum atomic E-state index is -1.52. The van der Waals surface area contributed by atoms with Crippen LogP contribution < -0.4 is 4.72 Å². The molecular weight excluding hydrogens is 504 g/mol. The van der Waals surface area contributed by atoms with Gasteiger partial charge in [0.2, 0.25) is 5.90 Å². The summed E-state index contributed by atoms with van der Waals surface area (Å²) in [7, 11) is 0. The van der Waals surface area contributed by atoms with Gasteiger partial charge < -0.3 is 9.29 Å². The van der Waals surface area contributed by atoms with E-state index >= 15 is 0 Å². The molecule has 1 saturated heterocycles. The number of ether oxygens (including phenoxy) is 1. The van der Waals surface area contributed by atoms with Crippen LogP contribution >= 0.6 is 0 Å². The number of nitrogens with one attached hydrogen (secondary N) is 2. The Labute approximate surface area is 239 Å². The quantitative estimate of drug-likeness (QED) is 0.365. The van der Waals surface area contributed by atoms with Crippen LogP contribution in [0.5, 0.6) is 0 Å². The van der Waals surface area contributed by atoms with Crippen molar-refractivity contribution in [3.05, 3.63) is 69.9 Å². The molecule has 0 aromatic heterocycles. The average Bonchev–Trinajstić information content (AvgIpc) is 2.84. The van der Waals surface area contributed by atoms with Gasteiger partial charge in [-0.15, -0.1) is 0 Å². The number of amidine groups is 1. The Morgan fingerprint density at radius 3 is 2.69 bits per heavy atom. The summed E-state index contributed by atoms with van der Waals surface area (Å²) in [5, 5.41) is 8.79. The van der Waals surface area contributed by atoms with E-state index in [0.717, 1.165) is 37.0 Å². The van der Waals surface area contributed by atoms with Gasteiger partial charge >= 0.3 is 0 Å². The van der Waals surface area contributed by atoms with Crippen molar-refractivity contribution < 1.29 is 9.29 Å². The largest absolute Gasteiger partial charge is 0.588 e. The van der Waals surface area contributed by atoms with E-state index in [9.17, 15) is 4.55 Å². The summed E-state index contributed by atoms with van der Waals surface area (Å²) in [6.07, 6.45) is 15.3. The number of hydrogen-bond donors (Lipinski definition) is 2. The van der Waals surface area contributed by atoms with E-state index in [0.29, 0.717) is 40.9 Å². The number of rotatable bonds is 3. The number of aliphatic imine (C=N–C) groups is 1. The molecule has 0 saturated carbocycles. The minimum absolute atomic E-state index is 0.0966. The topological polar surface area (TPSA) is 83.8 Å². The molecule has 2 N–H and O–H groups in total. The first-order valence-electron chi connectivity index (χ1n) is 14.3. The van der Waals surface area contributed by atoms with Gasteiger partial charge in [-0.25, -0.2) is 4.99 Å². The van der Waals surface area contributed by atoms with Gasteiger partial charge in [0.25, 0.3) is 0 Å². The zero-order chi connectivity index (χ0) is 28.7. The van der Waals surface area contributed by atoms with Gasteiger partial charge in [0.1, 0.15) is 23.8 Å². The smallest absolute Gasteiger partial charge is 0.207 e. The summed E-state index contributed by atoms with van der Waals surface area (Å²) >= 11 is -1.52. The summed E-state index contributed by atoms with van der Waals surface area (Å²) < 4.78 is 22.1. The van der Waals surface area contributed by atoms with E-state index in [1.165, 1.54) is 24.0 Å². The highest BCUT2D eigenvalue weighted by molar-refractivity contribution is 7.94. The molecule has 0 radical (unpaired) electrons. The Morgan fingerprint density at radius 1 is 1.26 bits per heavy atom. The van der Waals surface area contributed by atoms with Crippen LogP contribution in [0.15, 0.2) is 74.8 Å². The van der Waals surface area contributed by atoms with Crippen LogP contribution in [0.1, 0.15) is 80.6 Å². The Balaban J connectivity index is 2.05. The maximum absolute atomic E-state index is 13.0. The van der Waals surface area contributed by atoms with Crippen LogP contribution in [-0.4, -0.2) is 46.4 Å². The van der Waals surface area contributed by atoms with Crippen LogP contribution in [0, 0.1) is 17.2 Å². The summed E-state index contributed by atoms with van der Waals surface area (Å²) in [6, 6.07) is 0.530. The molecule has 3 aliphatic rings. The highest BCUT2D eigenvalue weighted by Crippen LogP contribution is 2.34. The molecule has 39 heavy (non-hydrogen) atoms. The second-order valence-corrected chi connectivity index (χ2v) is 13.0. The maximum atomic E-state index is 13.0. The number of nitrogens with zero attached hydrogens (tertiary/aromatic N) is 2. The molecule has 4 atom stereocenters. The number of piperidine rings is 1. The lowest BCUT2D eigenvalue weighted by molar-refractivity contribution is 0.0637. The third kappa shape index (κ3) is 8.82. The second kappa shape index (κ2) is 14.3. The standard InChI is InChI=1S/C32H48N4O2S/c1-21(2)16-28-20-38-31(33)19-29(32-24(5)17-22(3)18-25(32)6)34-27(8)35-39(37)26(7)13-11-12-23(4)30-14-9-10-15-36(28)30/h11-13,17,19,21-22,28,30,33H,7,9-10,14-16,18,20H2,1-6,8H3,(H,34,35)/b13-11-,23-12+,29-19-,33-31?/t22-,28?,30?,39?/m0/s1. The van der Waals surface area contributed by atoms with Gasteiger partial charge in [-0.1, -0.05) is 56.6 Å². The third-order valence-corrected chi connectivity index (χ3v) is 8.72. The van der Waals surface area contributed by atoms with Crippen molar-refractivity contribution in [2.75, 3.05) is 13.2 Å². The Morgan fingerprint density at radius 2 is 2.00 bits per heavy atom. The Hall–Kier alpha value is -2.35. The van der Waals surface area contributed by atoms with Crippen LogP contribution in [-0.2, 0) is 16.1 Å². The van der Waals surface area contributed by atoms with E-state index < -0.39 is 11.4 Å². The van der Waals surface area contributed by atoms with Crippen LogP contribution in [0.25, 0.3) is 0 Å². The molecule has 2 heterocycles. The first-order chi connectivity index (χ1) is 18.5. The average molecular weight is 553 g/mol. The normalized spacial score (nSPS) is 33.4. The van der Waals surface area contributed by atoms with Crippen LogP contribution in [0.4, 0.5) is 0 Å². The first-order valence-corrected chi connectivity index (χ1v) is 15.5. The molecular formula is C32H48N4O2S. The Bertz CT molecular complexity index is 1110. The van der Waals surface area contributed by atoms with Crippen molar-refractivity contribution in [2.45, 2.75) is 92.7 Å². The van der Waals surface area contributed by atoms with E-state index in [-0.39, 0.29) is 11.9 Å². The predicted molar refractivity (Wildman–Crippen MR) is 166 cm³/mol. The molecule has 0 amide bonds. The number of hydrogen-bond acceptors (Lipinski definition) is 6. The molecule has 214 valence electrons. The van der Waals surface area contributed by atoms with Gasteiger partial charge in [-0.2, -0.15) is 4.72 Å². The SMILES string of the molecule is C=C1/C=C\C=C(/C)C2CCCCN2C(CC(C)C)COC(=N)/C=C(C2=C(C)C[C@@H](C)C=C2C)\N=C(/C)N[S+]1[O-]. The van der Waals surface area contributed by atoms with Gasteiger partial charge in [-0.3, -0.25) is 10.3 Å². The van der Waals surface area contributed by atoms with Crippen molar-refractivity contribution in [3.8, 4) is 0 Å². The van der Waals surface area contributed by atoms with Gasteiger partial charge in [-0.05, 0) is 90.0 Å². The van der Waals surface area contributed by atoms with Crippen molar-refractivity contribution in [1.82, 2.24) is 9.62 Å².